The van der Waals surface area contributed by atoms with Crippen molar-refractivity contribution in [3.8, 4) is 0 Å². The Hall–Kier alpha value is -2.10. The molecule has 0 radical (unpaired) electrons. The van der Waals surface area contributed by atoms with Crippen LogP contribution in [0.25, 0.3) is 0 Å². The number of aliphatic hydroxyl groups is 2. The number of carbonyl (C=O) groups is 1. The van der Waals surface area contributed by atoms with Gasteiger partial charge in [0.1, 0.15) is 0 Å². The van der Waals surface area contributed by atoms with Crippen molar-refractivity contribution >= 4 is 17.8 Å². The molecule has 8 heteroatoms. The van der Waals surface area contributed by atoms with Crippen LogP contribution < -0.4 is 10.6 Å². The van der Waals surface area contributed by atoms with Gasteiger partial charge in [-0.3, -0.25) is 0 Å². The molecular weight excluding hydrogens is 428 g/mol. The molecule has 32 heavy (non-hydrogen) atoms. The first-order valence-corrected chi connectivity index (χ1v) is 12.1. The van der Waals surface area contributed by atoms with E-state index in [0.29, 0.717) is 18.8 Å². The number of urea groups is 1. The number of thioether (sulfide) groups is 1. The van der Waals surface area contributed by atoms with Gasteiger partial charge in [-0.25, -0.2) is 4.79 Å². The number of nitrogens with one attached hydrogen (secondary N) is 2. The Morgan fingerprint density at radius 2 is 1.69 bits per heavy atom. The standard InChI is InChI=1S/C24H32N2O5S/c1-2-25-24(29)26-14-17-3-9-20(10-4-17)23-30-21(16-32-12-11-27)13-22(31-23)19-7-5-18(15-28)6-8-19/h3-10,21-23,27-28H,2,11-16H2,1H3,(H2,25,26,29). The van der Waals surface area contributed by atoms with Crippen molar-refractivity contribution < 1.29 is 24.5 Å². The molecule has 0 aromatic heterocycles. The first-order chi connectivity index (χ1) is 15.6. The minimum absolute atomic E-state index is 0.00750. The number of hydrogen-bond donors (Lipinski definition) is 4. The van der Waals surface area contributed by atoms with Gasteiger partial charge in [-0.1, -0.05) is 48.5 Å². The lowest BCUT2D eigenvalue weighted by Gasteiger charge is -2.36. The summed E-state index contributed by atoms with van der Waals surface area (Å²) in [5.41, 5.74) is 3.82. The van der Waals surface area contributed by atoms with Gasteiger partial charge in [-0.15, -0.1) is 0 Å². The molecule has 1 saturated heterocycles. The Balaban J connectivity index is 1.69. The molecule has 0 bridgehead atoms. The highest BCUT2D eigenvalue weighted by molar-refractivity contribution is 7.99. The van der Waals surface area contributed by atoms with Crippen LogP contribution in [0, 0.1) is 0 Å². The number of carbonyl (C=O) groups excluding carboxylic acids is 1. The summed E-state index contributed by atoms with van der Waals surface area (Å²) in [5.74, 6) is 1.45. The summed E-state index contributed by atoms with van der Waals surface area (Å²) in [7, 11) is 0. The molecular formula is C24H32N2O5S. The minimum Gasteiger partial charge on any atom is -0.396 e. The third-order valence-corrected chi connectivity index (χ3v) is 6.28. The highest BCUT2D eigenvalue weighted by atomic mass is 32.2. The van der Waals surface area contributed by atoms with Gasteiger partial charge in [0.25, 0.3) is 0 Å². The zero-order valence-electron chi connectivity index (χ0n) is 18.3. The Morgan fingerprint density at radius 1 is 1.00 bits per heavy atom. The third-order valence-electron chi connectivity index (χ3n) is 5.20. The molecule has 1 heterocycles. The second kappa shape index (κ2) is 12.8. The molecule has 2 aromatic rings. The maximum atomic E-state index is 11.6. The van der Waals surface area contributed by atoms with Crippen molar-refractivity contribution in [1.29, 1.82) is 0 Å². The highest BCUT2D eigenvalue weighted by Gasteiger charge is 2.32. The normalized spacial score (nSPS) is 20.7. The van der Waals surface area contributed by atoms with Crippen LogP contribution in [0.15, 0.2) is 48.5 Å². The molecule has 0 aliphatic carbocycles. The Bertz CT molecular complexity index is 831. The number of ether oxygens (including phenoxy) is 2. The monoisotopic (exact) mass is 460 g/mol. The first kappa shape index (κ1) is 24.5. The van der Waals surface area contributed by atoms with Crippen LogP contribution in [0.5, 0.6) is 0 Å². The van der Waals surface area contributed by atoms with Crippen LogP contribution >= 0.6 is 11.8 Å². The topological polar surface area (TPSA) is 100 Å². The molecule has 3 atom stereocenters. The summed E-state index contributed by atoms with van der Waals surface area (Å²) in [6.45, 7) is 3.07. The fourth-order valence-corrected chi connectivity index (χ4v) is 4.27. The van der Waals surface area contributed by atoms with Gasteiger partial charge >= 0.3 is 6.03 Å². The molecule has 174 valence electrons. The Morgan fingerprint density at radius 3 is 2.34 bits per heavy atom. The van der Waals surface area contributed by atoms with E-state index in [1.807, 2.05) is 55.5 Å². The van der Waals surface area contributed by atoms with Crippen LogP contribution in [-0.4, -0.2) is 47.0 Å². The highest BCUT2D eigenvalue weighted by Crippen LogP contribution is 2.38. The van der Waals surface area contributed by atoms with Crippen LogP contribution in [0.3, 0.4) is 0 Å². The SMILES string of the molecule is CCNC(=O)NCc1ccc(C2OC(CSCCO)CC(c3ccc(CO)cc3)O2)cc1. The number of hydrogen-bond acceptors (Lipinski definition) is 6. The lowest BCUT2D eigenvalue weighted by atomic mass is 10.0. The fraction of sp³-hybridized carbons (Fsp3) is 0.458. The van der Waals surface area contributed by atoms with Crippen molar-refractivity contribution in [1.82, 2.24) is 10.6 Å². The molecule has 4 N–H and O–H groups in total. The second-order valence-corrected chi connectivity index (χ2v) is 8.75. The number of benzene rings is 2. The maximum absolute atomic E-state index is 11.6. The van der Waals surface area contributed by atoms with Gasteiger partial charge in [0, 0.05) is 36.6 Å². The third kappa shape index (κ3) is 7.21. The predicted molar refractivity (Wildman–Crippen MR) is 125 cm³/mol. The fourth-order valence-electron chi connectivity index (χ4n) is 3.50. The Kier molecular flexibility index (Phi) is 9.83. The van der Waals surface area contributed by atoms with E-state index in [4.69, 9.17) is 14.6 Å². The van der Waals surface area contributed by atoms with E-state index < -0.39 is 6.29 Å². The maximum Gasteiger partial charge on any atom is 0.315 e. The number of aliphatic hydroxyl groups excluding tert-OH is 2. The van der Waals surface area contributed by atoms with Crippen LogP contribution in [0.4, 0.5) is 4.79 Å². The molecule has 0 saturated carbocycles. The predicted octanol–water partition coefficient (Wildman–Crippen LogP) is 3.27. The van der Waals surface area contributed by atoms with Crippen molar-refractivity contribution in [2.45, 2.75) is 45.0 Å². The average Bonchev–Trinajstić information content (AvgIpc) is 2.83. The van der Waals surface area contributed by atoms with Gasteiger partial charge in [0.2, 0.25) is 0 Å². The molecule has 2 amide bonds. The van der Waals surface area contributed by atoms with Crippen LogP contribution in [0.2, 0.25) is 0 Å². The molecule has 2 aromatic carbocycles. The summed E-state index contributed by atoms with van der Waals surface area (Å²) < 4.78 is 12.6. The van der Waals surface area contributed by atoms with E-state index >= 15 is 0 Å². The minimum atomic E-state index is -0.503. The zero-order valence-corrected chi connectivity index (χ0v) is 19.1. The van der Waals surface area contributed by atoms with Crippen molar-refractivity contribution in [3.05, 3.63) is 70.8 Å². The van der Waals surface area contributed by atoms with E-state index in [1.165, 1.54) is 0 Å². The molecule has 3 rings (SSSR count). The zero-order chi connectivity index (χ0) is 22.8. The lowest BCUT2D eigenvalue weighted by Crippen LogP contribution is -2.34. The van der Waals surface area contributed by atoms with Gasteiger partial charge in [-0.05, 0) is 23.6 Å². The first-order valence-electron chi connectivity index (χ1n) is 10.9. The van der Waals surface area contributed by atoms with Crippen molar-refractivity contribution in [3.63, 3.8) is 0 Å². The van der Waals surface area contributed by atoms with E-state index in [1.54, 1.807) is 11.8 Å². The lowest BCUT2D eigenvalue weighted by molar-refractivity contribution is -0.245. The molecule has 1 aliphatic rings. The Labute approximate surface area is 193 Å². The molecule has 7 nitrogen and oxygen atoms in total. The summed E-state index contributed by atoms with van der Waals surface area (Å²) in [6, 6.07) is 15.5. The summed E-state index contributed by atoms with van der Waals surface area (Å²) >= 11 is 1.67. The van der Waals surface area contributed by atoms with E-state index in [9.17, 15) is 9.90 Å². The van der Waals surface area contributed by atoms with Gasteiger partial charge in [-0.2, -0.15) is 11.8 Å². The van der Waals surface area contributed by atoms with Crippen LogP contribution in [0.1, 0.15) is 48.0 Å². The largest absolute Gasteiger partial charge is 0.396 e. The molecule has 0 spiro atoms. The summed E-state index contributed by atoms with van der Waals surface area (Å²) in [4.78, 5) is 11.6. The molecule has 1 fully saturated rings. The van der Waals surface area contributed by atoms with E-state index in [2.05, 4.69) is 10.6 Å². The van der Waals surface area contributed by atoms with Crippen LogP contribution in [-0.2, 0) is 22.6 Å². The summed E-state index contributed by atoms with van der Waals surface area (Å²) in [5, 5.41) is 23.9. The van der Waals surface area contributed by atoms with Gasteiger partial charge in [0.15, 0.2) is 6.29 Å². The van der Waals surface area contributed by atoms with E-state index in [0.717, 1.165) is 34.4 Å². The number of rotatable bonds is 10. The smallest absolute Gasteiger partial charge is 0.315 e. The van der Waals surface area contributed by atoms with E-state index in [-0.39, 0.29) is 31.5 Å². The molecule has 1 aliphatic heterocycles. The average molecular weight is 461 g/mol. The van der Waals surface area contributed by atoms with Crippen molar-refractivity contribution in [2.24, 2.45) is 0 Å². The number of amides is 2. The quantitative estimate of drug-likeness (QED) is 0.406. The van der Waals surface area contributed by atoms with Gasteiger partial charge < -0.3 is 30.3 Å². The molecule has 3 unspecified atom stereocenters. The second-order valence-electron chi connectivity index (χ2n) is 7.60. The van der Waals surface area contributed by atoms with Crippen molar-refractivity contribution in [2.75, 3.05) is 24.7 Å². The summed E-state index contributed by atoms with van der Waals surface area (Å²) in [6.07, 6.45) is 0.0886. The van der Waals surface area contributed by atoms with Gasteiger partial charge in [0.05, 0.1) is 25.4 Å².